The third-order valence-electron chi connectivity index (χ3n) is 7.74. The lowest BCUT2D eigenvalue weighted by atomic mass is 9.98. The highest BCUT2D eigenvalue weighted by Gasteiger charge is 2.39. The van der Waals surface area contributed by atoms with Gasteiger partial charge < -0.3 is 9.80 Å². The molecule has 0 aromatic heterocycles. The van der Waals surface area contributed by atoms with Gasteiger partial charge >= 0.3 is 0 Å². The summed E-state index contributed by atoms with van der Waals surface area (Å²) in [7, 11) is 0. The van der Waals surface area contributed by atoms with E-state index < -0.39 is 6.04 Å². The molecular weight excluding hydrogens is 511 g/mol. The number of aryl methyl sites for hydroxylation is 1. The summed E-state index contributed by atoms with van der Waals surface area (Å²) in [6, 6.07) is 11.1. The zero-order chi connectivity index (χ0) is 25.9. The Hall–Kier alpha value is -2.61. The Morgan fingerprint density at radius 1 is 0.919 bits per heavy atom. The van der Waals surface area contributed by atoms with E-state index in [4.69, 9.17) is 23.2 Å². The normalized spacial score (nSPS) is 20.4. The lowest BCUT2D eigenvalue weighted by molar-refractivity contribution is -0.136. The largest absolute Gasteiger partial charge is 0.368 e. The second kappa shape index (κ2) is 11.4. The Kier molecular flexibility index (Phi) is 8.03. The highest BCUT2D eigenvalue weighted by Crippen LogP contribution is 2.33. The van der Waals surface area contributed by atoms with Crippen molar-refractivity contribution in [1.29, 1.82) is 0 Å². The number of nitrogens with one attached hydrogen (secondary N) is 1. The van der Waals surface area contributed by atoms with Crippen LogP contribution >= 0.6 is 23.2 Å². The summed E-state index contributed by atoms with van der Waals surface area (Å²) in [5.41, 5.74) is 3.93. The molecule has 0 radical (unpaired) electrons. The van der Waals surface area contributed by atoms with E-state index in [0.717, 1.165) is 69.7 Å². The second-order valence-electron chi connectivity index (χ2n) is 10.1. The van der Waals surface area contributed by atoms with Crippen molar-refractivity contribution in [2.75, 3.05) is 37.6 Å². The van der Waals surface area contributed by atoms with E-state index in [0.29, 0.717) is 28.6 Å². The van der Waals surface area contributed by atoms with Gasteiger partial charge in [0.15, 0.2) is 0 Å². The van der Waals surface area contributed by atoms with Crippen LogP contribution in [0, 0.1) is 0 Å². The molecule has 2 aromatic rings. The number of amides is 3. The Labute approximate surface area is 227 Å². The van der Waals surface area contributed by atoms with Crippen LogP contribution in [0.25, 0.3) is 0 Å². The molecule has 0 bridgehead atoms. The van der Waals surface area contributed by atoms with Gasteiger partial charge in [0.1, 0.15) is 6.04 Å². The van der Waals surface area contributed by atoms with Gasteiger partial charge in [-0.2, -0.15) is 0 Å². The molecule has 1 atom stereocenters. The maximum atomic E-state index is 13.0. The van der Waals surface area contributed by atoms with Gasteiger partial charge in [0.25, 0.3) is 5.91 Å². The highest BCUT2D eigenvalue weighted by atomic mass is 35.5. The van der Waals surface area contributed by atoms with Gasteiger partial charge in [-0.3, -0.25) is 24.6 Å². The molecule has 3 aliphatic heterocycles. The van der Waals surface area contributed by atoms with E-state index in [9.17, 15) is 14.4 Å². The van der Waals surface area contributed by atoms with Crippen molar-refractivity contribution >= 4 is 46.6 Å². The molecule has 7 nitrogen and oxygen atoms in total. The Balaban J connectivity index is 1.07. The van der Waals surface area contributed by atoms with Crippen LogP contribution in [0.1, 0.15) is 53.6 Å². The van der Waals surface area contributed by atoms with Crippen molar-refractivity contribution in [2.24, 2.45) is 0 Å². The second-order valence-corrected chi connectivity index (χ2v) is 10.8. The molecular formula is C28H32Cl2N4O3. The number of carbonyl (C=O) groups is 3. The average molecular weight is 543 g/mol. The molecule has 3 amide bonds. The smallest absolute Gasteiger partial charge is 0.255 e. The van der Waals surface area contributed by atoms with Crippen molar-refractivity contribution < 1.29 is 14.4 Å². The third kappa shape index (κ3) is 5.64. The molecule has 1 unspecified atom stereocenters. The lowest BCUT2D eigenvalue weighted by Crippen LogP contribution is -2.52. The van der Waals surface area contributed by atoms with Crippen molar-refractivity contribution in [1.82, 2.24) is 15.1 Å². The van der Waals surface area contributed by atoms with Gasteiger partial charge in [-0.15, -0.1) is 0 Å². The average Bonchev–Trinajstić information content (AvgIpc) is 3.23. The fourth-order valence-corrected chi connectivity index (χ4v) is 6.08. The van der Waals surface area contributed by atoms with Crippen LogP contribution in [0.2, 0.25) is 10.0 Å². The summed E-state index contributed by atoms with van der Waals surface area (Å²) in [6.45, 7) is 5.41. The maximum Gasteiger partial charge on any atom is 0.255 e. The zero-order valence-corrected chi connectivity index (χ0v) is 22.4. The number of hydrogen-bond donors (Lipinski definition) is 1. The Bertz CT molecular complexity index is 1200. The fourth-order valence-electron chi connectivity index (χ4n) is 5.66. The number of carbonyl (C=O) groups excluding carboxylic acids is 3. The maximum absolute atomic E-state index is 13.0. The first kappa shape index (κ1) is 26.0. The van der Waals surface area contributed by atoms with Crippen molar-refractivity contribution in [3.05, 3.63) is 63.1 Å². The number of rotatable bonds is 8. The van der Waals surface area contributed by atoms with Crippen molar-refractivity contribution in [2.45, 2.75) is 51.1 Å². The lowest BCUT2D eigenvalue weighted by Gasteiger charge is -2.36. The van der Waals surface area contributed by atoms with Crippen LogP contribution < -0.4 is 10.2 Å². The van der Waals surface area contributed by atoms with Gasteiger partial charge in [-0.25, -0.2) is 0 Å². The third-order valence-corrected chi connectivity index (χ3v) is 8.55. The van der Waals surface area contributed by atoms with Gasteiger partial charge in [0.05, 0.1) is 15.7 Å². The molecule has 2 aromatic carbocycles. The molecule has 3 aliphatic rings. The number of unbranched alkanes of at least 4 members (excludes halogenated alkanes) is 2. The van der Waals surface area contributed by atoms with Crippen LogP contribution in [-0.4, -0.2) is 66.3 Å². The number of piperidine rings is 1. The standard InChI is InChI=1S/C28H32Cl2N4O3/c29-22-9-5-10-23(26(22)30)33-16-14-32(15-17-33)13-3-1-2-6-19-7-4-8-20-21(19)18-34(28(20)37)24-11-12-25(35)31-27(24)36/h4-5,7-10,24H,1-3,6,11-18H2,(H,31,35,36). The van der Waals surface area contributed by atoms with Crippen LogP contribution in [0.4, 0.5) is 5.69 Å². The van der Waals surface area contributed by atoms with E-state index in [2.05, 4.69) is 21.2 Å². The van der Waals surface area contributed by atoms with Crippen LogP contribution in [0.3, 0.4) is 0 Å². The summed E-state index contributed by atoms with van der Waals surface area (Å²) in [4.78, 5) is 43.3. The van der Waals surface area contributed by atoms with E-state index in [-0.39, 0.29) is 24.1 Å². The SMILES string of the molecule is O=C1CCC(N2Cc3c(CCCCCN4CCN(c5cccc(Cl)c5Cl)CC4)cccc3C2=O)C(=O)N1. The minimum Gasteiger partial charge on any atom is -0.368 e. The molecule has 0 saturated carbocycles. The fraction of sp³-hybridized carbons (Fsp3) is 0.464. The summed E-state index contributed by atoms with van der Waals surface area (Å²) >= 11 is 12.6. The summed E-state index contributed by atoms with van der Waals surface area (Å²) in [5, 5.41) is 3.60. The topological polar surface area (TPSA) is 73.0 Å². The molecule has 2 saturated heterocycles. The van der Waals surface area contributed by atoms with Gasteiger partial charge in [0.2, 0.25) is 11.8 Å². The van der Waals surface area contributed by atoms with E-state index in [1.165, 1.54) is 5.56 Å². The first-order valence-corrected chi connectivity index (χ1v) is 13.8. The molecule has 196 valence electrons. The molecule has 1 N–H and O–H groups in total. The molecule has 0 spiro atoms. The summed E-state index contributed by atoms with van der Waals surface area (Å²) < 4.78 is 0. The number of piperazine rings is 1. The summed E-state index contributed by atoms with van der Waals surface area (Å²) in [6.07, 6.45) is 4.89. The minimum absolute atomic E-state index is 0.107. The number of benzene rings is 2. The van der Waals surface area contributed by atoms with Crippen molar-refractivity contribution in [3.63, 3.8) is 0 Å². The van der Waals surface area contributed by atoms with Crippen LogP contribution in [-0.2, 0) is 22.6 Å². The quantitative estimate of drug-likeness (QED) is 0.398. The molecule has 0 aliphatic carbocycles. The number of imide groups is 1. The predicted molar refractivity (Wildman–Crippen MR) is 145 cm³/mol. The van der Waals surface area contributed by atoms with E-state index >= 15 is 0 Å². The van der Waals surface area contributed by atoms with Gasteiger partial charge in [-0.05, 0) is 61.6 Å². The van der Waals surface area contributed by atoms with Gasteiger partial charge in [0, 0.05) is 44.7 Å². The summed E-state index contributed by atoms with van der Waals surface area (Å²) in [5.74, 6) is -0.738. The number of anilines is 1. The molecule has 2 fully saturated rings. The Morgan fingerprint density at radius 3 is 2.49 bits per heavy atom. The first-order valence-electron chi connectivity index (χ1n) is 13.1. The van der Waals surface area contributed by atoms with Crippen LogP contribution in [0.15, 0.2) is 36.4 Å². The van der Waals surface area contributed by atoms with Crippen molar-refractivity contribution in [3.8, 4) is 0 Å². The van der Waals surface area contributed by atoms with E-state index in [1.54, 1.807) is 4.90 Å². The minimum atomic E-state index is -0.569. The highest BCUT2D eigenvalue weighted by molar-refractivity contribution is 6.43. The molecule has 37 heavy (non-hydrogen) atoms. The van der Waals surface area contributed by atoms with Crippen LogP contribution in [0.5, 0.6) is 0 Å². The first-order chi connectivity index (χ1) is 17.9. The van der Waals surface area contributed by atoms with E-state index in [1.807, 2.05) is 30.3 Å². The molecule has 9 heteroatoms. The monoisotopic (exact) mass is 542 g/mol. The molecule has 3 heterocycles. The zero-order valence-electron chi connectivity index (χ0n) is 20.8. The van der Waals surface area contributed by atoms with Gasteiger partial charge in [-0.1, -0.05) is 47.8 Å². The predicted octanol–water partition coefficient (Wildman–Crippen LogP) is 4.29. The number of nitrogens with zero attached hydrogens (tertiary/aromatic N) is 3. The number of hydrogen-bond acceptors (Lipinski definition) is 5. The number of fused-ring (bicyclic) bond motifs is 1. The Morgan fingerprint density at radius 2 is 1.70 bits per heavy atom. The number of halogens is 2. The molecule has 5 rings (SSSR count).